The van der Waals surface area contributed by atoms with Crippen LogP contribution in [0, 0.1) is 11.8 Å². The molecule has 5 heteroatoms. The van der Waals surface area contributed by atoms with E-state index >= 15 is 0 Å². The maximum atomic E-state index is 12.5. The van der Waals surface area contributed by atoms with Gasteiger partial charge in [-0.2, -0.15) is 0 Å². The molecule has 28 heavy (non-hydrogen) atoms. The number of carbonyl (C=O) groups is 2. The summed E-state index contributed by atoms with van der Waals surface area (Å²) in [4.78, 5) is 28.9. The number of rotatable bonds is 5. The summed E-state index contributed by atoms with van der Waals surface area (Å²) in [5.74, 6) is 0.205. The average molecular weight is 374 g/mol. The molecule has 1 heterocycles. The van der Waals surface area contributed by atoms with Crippen molar-refractivity contribution in [3.8, 4) is 0 Å². The summed E-state index contributed by atoms with van der Waals surface area (Å²) in [6.07, 6.45) is 2.26. The number of ether oxygens (including phenoxy) is 1. The molecular formula is C23H22N2O3. The van der Waals surface area contributed by atoms with E-state index in [0.717, 1.165) is 22.9 Å². The number of benzene rings is 2. The molecular weight excluding hydrogens is 352 g/mol. The van der Waals surface area contributed by atoms with Crippen molar-refractivity contribution >= 4 is 28.5 Å². The molecule has 1 aromatic heterocycles. The normalized spacial score (nSPS) is 19.1. The van der Waals surface area contributed by atoms with E-state index in [2.05, 4.69) is 17.2 Å². The summed E-state index contributed by atoms with van der Waals surface area (Å²) in [5.41, 5.74) is 2.88. The first-order valence-electron chi connectivity index (χ1n) is 9.48. The van der Waals surface area contributed by atoms with Gasteiger partial charge in [0.15, 0.2) is 0 Å². The number of pyridine rings is 1. The topological polar surface area (TPSA) is 68.3 Å². The molecule has 4 rings (SSSR count). The predicted molar refractivity (Wildman–Crippen MR) is 108 cm³/mol. The number of nitrogens with zero attached hydrogens (tertiary/aromatic N) is 1. The highest BCUT2D eigenvalue weighted by molar-refractivity contribution is 5.95. The van der Waals surface area contributed by atoms with Crippen molar-refractivity contribution in [3.63, 3.8) is 0 Å². The van der Waals surface area contributed by atoms with Gasteiger partial charge in [-0.1, -0.05) is 25.1 Å². The molecule has 3 atom stereocenters. The Kier molecular flexibility index (Phi) is 4.82. The van der Waals surface area contributed by atoms with E-state index in [1.54, 1.807) is 30.5 Å². The second kappa shape index (κ2) is 7.43. The van der Waals surface area contributed by atoms with Crippen molar-refractivity contribution in [1.82, 2.24) is 4.98 Å². The van der Waals surface area contributed by atoms with Gasteiger partial charge in [0.1, 0.15) is 6.10 Å². The third-order valence-corrected chi connectivity index (χ3v) is 5.20. The van der Waals surface area contributed by atoms with Crippen molar-refractivity contribution < 1.29 is 14.3 Å². The Labute approximate surface area is 163 Å². The minimum absolute atomic E-state index is 0.0419. The fourth-order valence-corrected chi connectivity index (χ4v) is 3.22. The quantitative estimate of drug-likeness (QED) is 0.655. The maximum Gasteiger partial charge on any atom is 0.338 e. The monoisotopic (exact) mass is 374 g/mol. The van der Waals surface area contributed by atoms with Crippen LogP contribution >= 0.6 is 0 Å². The molecule has 3 unspecified atom stereocenters. The second-order valence-electron chi connectivity index (χ2n) is 7.39. The van der Waals surface area contributed by atoms with Crippen LogP contribution in [0.5, 0.6) is 0 Å². The molecule has 0 radical (unpaired) electrons. The van der Waals surface area contributed by atoms with Crippen LogP contribution in [0.25, 0.3) is 10.9 Å². The second-order valence-corrected chi connectivity index (χ2v) is 7.39. The van der Waals surface area contributed by atoms with E-state index in [1.807, 2.05) is 37.3 Å². The number of fused-ring (bicyclic) bond motifs is 1. The van der Waals surface area contributed by atoms with E-state index in [9.17, 15) is 9.59 Å². The van der Waals surface area contributed by atoms with Gasteiger partial charge in [-0.3, -0.25) is 9.78 Å². The Morgan fingerprint density at radius 1 is 1.14 bits per heavy atom. The highest BCUT2D eigenvalue weighted by Gasteiger charge is 2.39. The number of carbonyl (C=O) groups excluding carboxylic acids is 2. The van der Waals surface area contributed by atoms with Crippen molar-refractivity contribution in [3.05, 3.63) is 71.9 Å². The van der Waals surface area contributed by atoms with E-state index < -0.39 is 12.1 Å². The van der Waals surface area contributed by atoms with Gasteiger partial charge in [-0.15, -0.1) is 0 Å². The van der Waals surface area contributed by atoms with Gasteiger partial charge in [0.05, 0.1) is 11.1 Å². The zero-order valence-electron chi connectivity index (χ0n) is 15.9. The van der Waals surface area contributed by atoms with E-state index in [-0.39, 0.29) is 11.8 Å². The lowest BCUT2D eigenvalue weighted by Crippen LogP contribution is -2.14. The summed E-state index contributed by atoms with van der Waals surface area (Å²) in [5, 5.41) is 3.89. The Hall–Kier alpha value is -3.21. The van der Waals surface area contributed by atoms with Crippen molar-refractivity contribution in [2.24, 2.45) is 11.8 Å². The molecule has 0 saturated heterocycles. The first-order valence-corrected chi connectivity index (χ1v) is 9.48. The highest BCUT2D eigenvalue weighted by Crippen LogP contribution is 2.38. The average Bonchev–Trinajstić information content (AvgIpc) is 3.45. The summed E-state index contributed by atoms with van der Waals surface area (Å²) in [7, 11) is 0. The standard InChI is InChI=1S/C23H22N2O3/c1-14-11-20(14)22(26)25-19-9-7-16(8-10-19)23(27)28-15(2)18-12-17-5-3-4-6-21(17)24-13-18/h3-10,12-15,20H,11H2,1-2H3,(H,25,26). The summed E-state index contributed by atoms with van der Waals surface area (Å²) in [6.45, 7) is 3.89. The van der Waals surface area contributed by atoms with Gasteiger partial charge in [0, 0.05) is 28.8 Å². The zero-order chi connectivity index (χ0) is 19.7. The molecule has 2 aromatic carbocycles. The maximum absolute atomic E-state index is 12.5. The number of hydrogen-bond donors (Lipinski definition) is 1. The Bertz CT molecular complexity index is 1030. The first kappa shape index (κ1) is 18.2. The zero-order valence-corrected chi connectivity index (χ0v) is 15.9. The minimum atomic E-state index is -0.416. The number of anilines is 1. The molecule has 1 N–H and O–H groups in total. The number of nitrogens with one attached hydrogen (secondary N) is 1. The van der Waals surface area contributed by atoms with E-state index in [1.165, 1.54) is 0 Å². The summed E-state index contributed by atoms with van der Waals surface area (Å²) in [6, 6.07) is 16.6. The highest BCUT2D eigenvalue weighted by atomic mass is 16.5. The first-order chi connectivity index (χ1) is 13.5. The van der Waals surface area contributed by atoms with Crippen LogP contribution in [0.1, 0.15) is 42.3 Å². The Morgan fingerprint density at radius 2 is 1.86 bits per heavy atom. The van der Waals surface area contributed by atoms with Crippen LogP contribution in [-0.2, 0) is 9.53 Å². The molecule has 0 spiro atoms. The molecule has 1 saturated carbocycles. The Balaban J connectivity index is 1.40. The van der Waals surface area contributed by atoms with Crippen LogP contribution in [0.2, 0.25) is 0 Å². The van der Waals surface area contributed by atoms with Crippen molar-refractivity contribution in [2.75, 3.05) is 5.32 Å². The summed E-state index contributed by atoms with van der Waals surface area (Å²) < 4.78 is 5.59. The van der Waals surface area contributed by atoms with E-state index in [0.29, 0.717) is 17.2 Å². The molecule has 0 bridgehead atoms. The van der Waals surface area contributed by atoms with Crippen LogP contribution in [-0.4, -0.2) is 16.9 Å². The molecule has 1 aliphatic rings. The van der Waals surface area contributed by atoms with Gasteiger partial charge in [0.2, 0.25) is 5.91 Å². The number of hydrogen-bond acceptors (Lipinski definition) is 4. The van der Waals surface area contributed by atoms with Gasteiger partial charge < -0.3 is 10.1 Å². The third-order valence-electron chi connectivity index (χ3n) is 5.20. The smallest absolute Gasteiger partial charge is 0.338 e. The summed E-state index contributed by atoms with van der Waals surface area (Å²) >= 11 is 0. The Morgan fingerprint density at radius 3 is 2.57 bits per heavy atom. The fourth-order valence-electron chi connectivity index (χ4n) is 3.22. The molecule has 1 fully saturated rings. The lowest BCUT2D eigenvalue weighted by Gasteiger charge is -2.14. The van der Waals surface area contributed by atoms with Gasteiger partial charge in [-0.25, -0.2) is 4.79 Å². The van der Waals surface area contributed by atoms with Gasteiger partial charge >= 0.3 is 5.97 Å². The third kappa shape index (κ3) is 3.88. The van der Waals surface area contributed by atoms with Crippen LogP contribution in [0.15, 0.2) is 60.8 Å². The largest absolute Gasteiger partial charge is 0.454 e. The lowest BCUT2D eigenvalue weighted by molar-refractivity contribution is -0.117. The number of para-hydroxylation sites is 1. The minimum Gasteiger partial charge on any atom is -0.454 e. The number of amides is 1. The molecule has 1 aliphatic carbocycles. The van der Waals surface area contributed by atoms with Crippen LogP contribution in [0.4, 0.5) is 5.69 Å². The molecule has 3 aromatic rings. The number of esters is 1. The van der Waals surface area contributed by atoms with Gasteiger partial charge in [0.25, 0.3) is 0 Å². The molecule has 1 amide bonds. The molecule has 5 nitrogen and oxygen atoms in total. The fraction of sp³-hybridized carbons (Fsp3) is 0.261. The number of aromatic nitrogens is 1. The van der Waals surface area contributed by atoms with Gasteiger partial charge in [-0.05, 0) is 55.7 Å². The van der Waals surface area contributed by atoms with Crippen LogP contribution in [0.3, 0.4) is 0 Å². The molecule has 0 aliphatic heterocycles. The van der Waals surface area contributed by atoms with E-state index in [4.69, 9.17) is 4.74 Å². The lowest BCUT2D eigenvalue weighted by atomic mass is 10.1. The van der Waals surface area contributed by atoms with Crippen molar-refractivity contribution in [1.29, 1.82) is 0 Å². The van der Waals surface area contributed by atoms with Crippen LogP contribution < -0.4 is 5.32 Å². The van der Waals surface area contributed by atoms with Crippen molar-refractivity contribution in [2.45, 2.75) is 26.4 Å². The predicted octanol–water partition coefficient (Wildman–Crippen LogP) is 4.75. The SMILES string of the molecule is CC(OC(=O)c1ccc(NC(=O)C2CC2C)cc1)c1cnc2ccccc2c1. The molecule has 142 valence electrons.